The van der Waals surface area contributed by atoms with Crippen LogP contribution in [0.1, 0.15) is 10.4 Å². The van der Waals surface area contributed by atoms with E-state index < -0.39 is 5.97 Å². The van der Waals surface area contributed by atoms with Crippen LogP contribution in [0.15, 0.2) is 12.3 Å². The average molecular weight is 245 g/mol. The summed E-state index contributed by atoms with van der Waals surface area (Å²) >= 11 is 5.94. The maximum absolute atomic E-state index is 10.7. The summed E-state index contributed by atoms with van der Waals surface area (Å²) in [7, 11) is 3.42. The van der Waals surface area contributed by atoms with E-state index in [1.54, 1.807) is 12.0 Å². The first-order valence-electron chi connectivity index (χ1n) is 4.65. The lowest BCUT2D eigenvalue weighted by molar-refractivity contribution is 0.0696. The Kier molecular flexibility index (Phi) is 4.52. The zero-order chi connectivity index (χ0) is 12.1. The molecule has 1 N–H and O–H groups in total. The normalized spacial score (nSPS) is 10.2. The number of carboxylic acid groups (broad SMARTS) is 1. The monoisotopic (exact) mass is 244 g/mol. The Morgan fingerprint density at radius 3 is 2.88 bits per heavy atom. The van der Waals surface area contributed by atoms with Crippen LogP contribution in [-0.2, 0) is 4.74 Å². The number of carbonyl (C=O) groups is 1. The molecule has 0 amide bonds. The quantitative estimate of drug-likeness (QED) is 0.851. The van der Waals surface area contributed by atoms with Gasteiger partial charge in [0.1, 0.15) is 5.82 Å². The smallest absolute Gasteiger partial charge is 0.337 e. The van der Waals surface area contributed by atoms with Gasteiger partial charge in [0.05, 0.1) is 17.2 Å². The summed E-state index contributed by atoms with van der Waals surface area (Å²) in [6, 6.07) is 1.38. The van der Waals surface area contributed by atoms with E-state index in [4.69, 9.17) is 21.4 Å². The molecule has 0 saturated heterocycles. The molecule has 1 aromatic heterocycles. The number of methoxy groups -OCH3 is 1. The van der Waals surface area contributed by atoms with E-state index in [9.17, 15) is 4.79 Å². The molecule has 5 nitrogen and oxygen atoms in total. The first-order valence-corrected chi connectivity index (χ1v) is 5.03. The summed E-state index contributed by atoms with van der Waals surface area (Å²) in [5, 5.41) is 9.07. The topological polar surface area (TPSA) is 62.7 Å². The summed E-state index contributed by atoms with van der Waals surface area (Å²) in [4.78, 5) is 16.5. The molecular formula is C10H13ClN2O3. The highest BCUT2D eigenvalue weighted by atomic mass is 35.5. The van der Waals surface area contributed by atoms with Crippen LogP contribution in [0, 0.1) is 0 Å². The maximum atomic E-state index is 10.7. The van der Waals surface area contributed by atoms with Crippen molar-refractivity contribution in [3.05, 3.63) is 22.8 Å². The van der Waals surface area contributed by atoms with Crippen LogP contribution in [0.3, 0.4) is 0 Å². The fourth-order valence-corrected chi connectivity index (χ4v) is 1.47. The summed E-state index contributed by atoms with van der Waals surface area (Å²) in [6.07, 6.45) is 1.28. The number of hydrogen-bond acceptors (Lipinski definition) is 4. The molecule has 1 aromatic rings. The van der Waals surface area contributed by atoms with Gasteiger partial charge in [-0.15, -0.1) is 0 Å². The molecule has 0 atom stereocenters. The van der Waals surface area contributed by atoms with Crippen molar-refractivity contribution < 1.29 is 14.6 Å². The predicted octanol–water partition coefficient (Wildman–Crippen LogP) is 1.52. The van der Waals surface area contributed by atoms with Gasteiger partial charge in [-0.2, -0.15) is 0 Å². The van der Waals surface area contributed by atoms with Crippen molar-refractivity contribution in [2.75, 3.05) is 32.2 Å². The van der Waals surface area contributed by atoms with Gasteiger partial charge >= 0.3 is 5.97 Å². The highest BCUT2D eigenvalue weighted by Crippen LogP contribution is 2.22. The molecule has 1 rings (SSSR count). The van der Waals surface area contributed by atoms with E-state index in [0.717, 1.165) is 0 Å². The molecular weight excluding hydrogens is 232 g/mol. The van der Waals surface area contributed by atoms with Crippen molar-refractivity contribution in [1.82, 2.24) is 4.98 Å². The van der Waals surface area contributed by atoms with Crippen LogP contribution >= 0.6 is 11.6 Å². The molecule has 0 bridgehead atoms. The van der Waals surface area contributed by atoms with Crippen molar-refractivity contribution in [3.8, 4) is 0 Å². The third kappa shape index (κ3) is 3.08. The number of anilines is 1. The molecule has 0 spiro atoms. The van der Waals surface area contributed by atoms with Gasteiger partial charge in [0.25, 0.3) is 0 Å². The van der Waals surface area contributed by atoms with Gasteiger partial charge in [0.2, 0.25) is 0 Å². The second-order valence-corrected chi connectivity index (χ2v) is 3.66. The van der Waals surface area contributed by atoms with Crippen molar-refractivity contribution in [1.29, 1.82) is 0 Å². The number of carboxylic acids is 1. The molecule has 0 aromatic carbocycles. The van der Waals surface area contributed by atoms with Crippen molar-refractivity contribution in [2.24, 2.45) is 0 Å². The largest absolute Gasteiger partial charge is 0.478 e. The van der Waals surface area contributed by atoms with E-state index in [2.05, 4.69) is 4.98 Å². The third-order valence-corrected chi connectivity index (χ3v) is 2.34. The predicted molar refractivity (Wildman–Crippen MR) is 61.4 cm³/mol. The van der Waals surface area contributed by atoms with Crippen LogP contribution in [-0.4, -0.2) is 43.4 Å². The van der Waals surface area contributed by atoms with Gasteiger partial charge in [-0.25, -0.2) is 9.78 Å². The number of halogens is 1. The van der Waals surface area contributed by atoms with Crippen molar-refractivity contribution in [3.63, 3.8) is 0 Å². The Hall–Kier alpha value is -1.33. The second-order valence-electron chi connectivity index (χ2n) is 3.25. The van der Waals surface area contributed by atoms with Crippen LogP contribution in [0.4, 0.5) is 5.82 Å². The van der Waals surface area contributed by atoms with Gasteiger partial charge in [-0.3, -0.25) is 0 Å². The summed E-state index contributed by atoms with van der Waals surface area (Å²) < 4.78 is 4.93. The lowest BCUT2D eigenvalue weighted by atomic mass is 10.3. The number of rotatable bonds is 5. The van der Waals surface area contributed by atoms with Crippen molar-refractivity contribution in [2.45, 2.75) is 0 Å². The molecule has 16 heavy (non-hydrogen) atoms. The Bertz CT molecular complexity index is 384. The van der Waals surface area contributed by atoms with Gasteiger partial charge in [0, 0.05) is 26.9 Å². The zero-order valence-electron chi connectivity index (χ0n) is 9.11. The molecule has 6 heteroatoms. The standard InChI is InChI=1S/C10H13ClN2O3/c1-13(3-4-16-2)9-8(11)5-7(6-12-9)10(14)15/h5-6H,3-4H2,1-2H3,(H,14,15). The van der Waals surface area contributed by atoms with Gasteiger partial charge < -0.3 is 14.7 Å². The number of pyridine rings is 1. The SMILES string of the molecule is COCCN(C)c1ncc(C(=O)O)cc1Cl. The minimum absolute atomic E-state index is 0.0777. The summed E-state index contributed by atoms with van der Waals surface area (Å²) in [6.45, 7) is 1.19. The summed E-state index contributed by atoms with van der Waals surface area (Å²) in [5.74, 6) is -0.496. The van der Waals surface area contributed by atoms with Crippen LogP contribution in [0.5, 0.6) is 0 Å². The highest BCUT2D eigenvalue weighted by Gasteiger charge is 2.11. The average Bonchev–Trinajstić information content (AvgIpc) is 2.25. The number of aromatic carboxylic acids is 1. The molecule has 0 radical (unpaired) electrons. The minimum atomic E-state index is -1.04. The van der Waals surface area contributed by atoms with Crippen LogP contribution < -0.4 is 4.90 Å². The fourth-order valence-electron chi connectivity index (χ4n) is 1.16. The Morgan fingerprint density at radius 2 is 2.38 bits per heavy atom. The number of nitrogens with zero attached hydrogens (tertiary/aromatic N) is 2. The number of aromatic nitrogens is 1. The second kappa shape index (κ2) is 5.67. The molecule has 0 fully saturated rings. The lowest BCUT2D eigenvalue weighted by Crippen LogP contribution is -2.23. The molecule has 88 valence electrons. The molecule has 0 saturated carbocycles. The van der Waals surface area contributed by atoms with Gasteiger partial charge in [-0.1, -0.05) is 11.6 Å². The highest BCUT2D eigenvalue weighted by molar-refractivity contribution is 6.33. The number of likely N-dealkylation sites (N-methyl/N-ethyl adjacent to an activating group) is 1. The van der Waals surface area contributed by atoms with E-state index in [-0.39, 0.29) is 5.56 Å². The first kappa shape index (κ1) is 12.7. The Morgan fingerprint density at radius 1 is 1.69 bits per heavy atom. The van der Waals surface area contributed by atoms with Gasteiger partial charge in [0.15, 0.2) is 0 Å². The van der Waals surface area contributed by atoms with Crippen LogP contribution in [0.2, 0.25) is 5.02 Å². The maximum Gasteiger partial charge on any atom is 0.337 e. The Labute approximate surface area is 98.6 Å². The molecule has 0 aliphatic carbocycles. The fraction of sp³-hybridized carbons (Fsp3) is 0.400. The molecule has 1 heterocycles. The van der Waals surface area contributed by atoms with E-state index in [1.165, 1.54) is 12.3 Å². The minimum Gasteiger partial charge on any atom is -0.478 e. The molecule has 0 unspecified atom stereocenters. The van der Waals surface area contributed by atoms with Gasteiger partial charge in [-0.05, 0) is 6.07 Å². The number of ether oxygens (including phenoxy) is 1. The van der Waals surface area contributed by atoms with E-state index in [0.29, 0.717) is 24.0 Å². The van der Waals surface area contributed by atoms with E-state index in [1.807, 2.05) is 7.05 Å². The lowest BCUT2D eigenvalue weighted by Gasteiger charge is -2.18. The van der Waals surface area contributed by atoms with Crippen molar-refractivity contribution >= 4 is 23.4 Å². The Balaban J connectivity index is 2.85. The zero-order valence-corrected chi connectivity index (χ0v) is 9.86. The first-order chi connectivity index (χ1) is 7.56. The molecule has 0 aliphatic heterocycles. The third-order valence-electron chi connectivity index (χ3n) is 2.06. The summed E-state index contributed by atoms with van der Waals surface area (Å²) in [5.41, 5.74) is 0.0777. The van der Waals surface area contributed by atoms with E-state index >= 15 is 0 Å². The molecule has 0 aliphatic rings. The number of hydrogen-bond donors (Lipinski definition) is 1. The van der Waals surface area contributed by atoms with Crippen LogP contribution in [0.25, 0.3) is 0 Å².